The Kier molecular flexibility index (Phi) is 4.26. The van der Waals surface area contributed by atoms with Gasteiger partial charge in [0.05, 0.1) is 6.20 Å². The molecular formula is C12H15FN2O6. The van der Waals surface area contributed by atoms with Crippen LogP contribution >= 0.6 is 0 Å². The van der Waals surface area contributed by atoms with E-state index >= 15 is 0 Å². The molecular weight excluding hydrogens is 287 g/mol. The minimum atomic E-state index is -1.58. The number of ether oxygens (including phenoxy) is 1. The number of halogens is 1. The average molecular weight is 302 g/mol. The highest BCUT2D eigenvalue weighted by Gasteiger charge is 2.46. The van der Waals surface area contributed by atoms with Crippen molar-refractivity contribution in [1.29, 1.82) is 0 Å². The summed E-state index contributed by atoms with van der Waals surface area (Å²) in [5.74, 6) is -1.54. The predicted octanol–water partition coefficient (Wildman–Crippen LogP) is -0.853. The van der Waals surface area contributed by atoms with E-state index in [0.29, 0.717) is 17.2 Å². The summed E-state index contributed by atoms with van der Waals surface area (Å²) in [6.07, 6.45) is -3.34. The van der Waals surface area contributed by atoms with E-state index in [4.69, 9.17) is 4.74 Å². The number of aliphatic hydroxyl groups is 3. The second-order valence-electron chi connectivity index (χ2n) is 4.61. The molecule has 1 aromatic heterocycles. The molecule has 21 heavy (non-hydrogen) atoms. The van der Waals surface area contributed by atoms with E-state index in [9.17, 15) is 29.3 Å². The van der Waals surface area contributed by atoms with Gasteiger partial charge in [0, 0.05) is 0 Å². The molecule has 1 saturated heterocycles. The zero-order valence-electron chi connectivity index (χ0n) is 11.1. The molecule has 0 aliphatic carbocycles. The number of aliphatic hydroxyl groups excluding tert-OH is 3. The first kappa shape index (κ1) is 15.4. The van der Waals surface area contributed by atoms with E-state index in [0.717, 1.165) is 0 Å². The number of hydrogen-bond acceptors (Lipinski definition) is 6. The molecule has 0 spiro atoms. The molecule has 0 saturated carbocycles. The van der Waals surface area contributed by atoms with Crippen molar-refractivity contribution >= 4 is 0 Å². The largest absolute Gasteiger partial charge is 0.510 e. The van der Waals surface area contributed by atoms with Crippen molar-refractivity contribution in [2.24, 2.45) is 0 Å². The van der Waals surface area contributed by atoms with Gasteiger partial charge in [-0.05, 0) is 12.5 Å². The molecule has 4 N–H and O–H groups in total. The van der Waals surface area contributed by atoms with Gasteiger partial charge in [0.2, 0.25) is 5.82 Å². The molecule has 116 valence electrons. The van der Waals surface area contributed by atoms with Crippen molar-refractivity contribution in [1.82, 2.24) is 9.55 Å². The highest BCUT2D eigenvalue weighted by Crippen LogP contribution is 2.31. The van der Waals surface area contributed by atoms with Crippen LogP contribution in [0.15, 0.2) is 27.6 Å². The van der Waals surface area contributed by atoms with Crippen molar-refractivity contribution in [3.05, 3.63) is 44.7 Å². The lowest BCUT2D eigenvalue weighted by molar-refractivity contribution is -0.0396. The Hall–Kier alpha value is -1.97. The summed E-state index contributed by atoms with van der Waals surface area (Å²) in [6.45, 7) is 1.74. The van der Waals surface area contributed by atoms with Gasteiger partial charge in [0.1, 0.15) is 24.1 Å². The van der Waals surface area contributed by atoms with Gasteiger partial charge in [-0.25, -0.2) is 4.79 Å². The molecule has 1 fully saturated rings. The number of aromatic amines is 1. The van der Waals surface area contributed by atoms with Gasteiger partial charge >= 0.3 is 5.69 Å². The van der Waals surface area contributed by atoms with Gasteiger partial charge in [0.25, 0.3) is 5.56 Å². The third-order valence-electron chi connectivity index (χ3n) is 3.14. The maximum absolute atomic E-state index is 13.2. The Morgan fingerprint density at radius 3 is 2.76 bits per heavy atom. The molecule has 1 aliphatic rings. The Morgan fingerprint density at radius 1 is 1.48 bits per heavy atom. The molecule has 9 heteroatoms. The van der Waals surface area contributed by atoms with Crippen molar-refractivity contribution in [3.8, 4) is 0 Å². The summed E-state index contributed by atoms with van der Waals surface area (Å²) in [5.41, 5.74) is -2.20. The number of H-pyrrole nitrogens is 1. The zero-order valence-corrected chi connectivity index (χ0v) is 11.1. The third-order valence-corrected chi connectivity index (χ3v) is 3.14. The summed E-state index contributed by atoms with van der Waals surface area (Å²) in [4.78, 5) is 24.3. The monoisotopic (exact) mass is 302 g/mol. The van der Waals surface area contributed by atoms with E-state index in [-0.39, 0.29) is 5.76 Å². The fourth-order valence-corrected chi connectivity index (χ4v) is 2.11. The molecule has 2 heterocycles. The van der Waals surface area contributed by atoms with Crippen LogP contribution in [0.4, 0.5) is 4.39 Å². The second kappa shape index (κ2) is 5.80. The van der Waals surface area contributed by atoms with Gasteiger partial charge in [-0.3, -0.25) is 14.3 Å². The number of aromatic nitrogens is 2. The summed E-state index contributed by atoms with van der Waals surface area (Å²) < 4.78 is 19.1. The standard InChI is InChI=1S/C12H15FN2O6/c1-2-3-6(16)9-7(17)8(18)11(21-9)15-4-5(13)10(19)14-12(15)20/h3-4,7-9,11,16-18H,2H2,1H3,(H,14,19,20)/b6-3+/t7-,8+,9+,11+/m0/s1. The summed E-state index contributed by atoms with van der Waals surface area (Å²) in [5, 5.41) is 29.5. The molecule has 1 aliphatic heterocycles. The SMILES string of the molecule is CC/C=C(/O)[C@H]1O[C@@H](n2cc(F)c(=O)[nH]c2=O)[C@H](O)[C@@H]1O. The lowest BCUT2D eigenvalue weighted by Gasteiger charge is -2.16. The molecule has 8 nitrogen and oxygen atoms in total. The van der Waals surface area contributed by atoms with Crippen LogP contribution in [0, 0.1) is 5.82 Å². The fraction of sp³-hybridized carbons (Fsp3) is 0.500. The molecule has 0 aromatic carbocycles. The maximum Gasteiger partial charge on any atom is 0.330 e. The Bertz CT molecular complexity index is 666. The third kappa shape index (κ3) is 2.75. The summed E-state index contributed by atoms with van der Waals surface area (Å²) in [6, 6.07) is 0. The molecule has 4 atom stereocenters. The van der Waals surface area contributed by atoms with Crippen LogP contribution in [0.3, 0.4) is 0 Å². The molecule has 0 bridgehead atoms. The van der Waals surface area contributed by atoms with Crippen LogP contribution in [0.5, 0.6) is 0 Å². The van der Waals surface area contributed by atoms with E-state index < -0.39 is 41.6 Å². The molecule has 0 radical (unpaired) electrons. The normalized spacial score (nSPS) is 29.8. The van der Waals surface area contributed by atoms with Crippen LogP contribution in [0.25, 0.3) is 0 Å². The van der Waals surface area contributed by atoms with Gasteiger partial charge in [0.15, 0.2) is 6.23 Å². The second-order valence-corrected chi connectivity index (χ2v) is 4.61. The number of rotatable bonds is 3. The number of allylic oxidation sites excluding steroid dienone is 1. The minimum absolute atomic E-state index is 0.301. The van der Waals surface area contributed by atoms with Crippen LogP contribution in [-0.4, -0.2) is 43.2 Å². The lowest BCUT2D eigenvalue weighted by atomic mass is 10.1. The maximum atomic E-state index is 13.2. The minimum Gasteiger partial charge on any atom is -0.510 e. The predicted molar refractivity (Wildman–Crippen MR) is 68.2 cm³/mol. The first-order valence-electron chi connectivity index (χ1n) is 6.28. The van der Waals surface area contributed by atoms with Crippen molar-refractivity contribution in [2.75, 3.05) is 0 Å². The van der Waals surface area contributed by atoms with Gasteiger partial charge < -0.3 is 20.1 Å². The zero-order chi connectivity index (χ0) is 15.7. The van der Waals surface area contributed by atoms with Crippen molar-refractivity contribution < 1.29 is 24.4 Å². The fourth-order valence-electron chi connectivity index (χ4n) is 2.11. The van der Waals surface area contributed by atoms with Crippen LogP contribution in [0.1, 0.15) is 19.6 Å². The van der Waals surface area contributed by atoms with Crippen LogP contribution in [0.2, 0.25) is 0 Å². The smallest absolute Gasteiger partial charge is 0.330 e. The van der Waals surface area contributed by atoms with E-state index in [1.165, 1.54) is 6.08 Å². The van der Waals surface area contributed by atoms with Crippen molar-refractivity contribution in [3.63, 3.8) is 0 Å². The number of nitrogens with zero attached hydrogens (tertiary/aromatic N) is 1. The van der Waals surface area contributed by atoms with Gasteiger partial charge in [-0.15, -0.1) is 0 Å². The average Bonchev–Trinajstić information content (AvgIpc) is 2.71. The molecule has 0 unspecified atom stereocenters. The van der Waals surface area contributed by atoms with Gasteiger partial charge in [-0.1, -0.05) is 6.92 Å². The van der Waals surface area contributed by atoms with Crippen LogP contribution < -0.4 is 11.2 Å². The first-order valence-corrected chi connectivity index (χ1v) is 6.28. The Labute approximate surface area is 117 Å². The van der Waals surface area contributed by atoms with Crippen molar-refractivity contribution in [2.45, 2.75) is 37.9 Å². The first-order chi connectivity index (χ1) is 9.86. The molecule has 2 rings (SSSR count). The number of hydrogen-bond donors (Lipinski definition) is 4. The summed E-state index contributed by atoms with van der Waals surface area (Å²) in [7, 11) is 0. The van der Waals surface area contributed by atoms with E-state index in [1.54, 1.807) is 11.9 Å². The highest BCUT2D eigenvalue weighted by atomic mass is 19.1. The van der Waals surface area contributed by atoms with Crippen LogP contribution in [-0.2, 0) is 4.74 Å². The quantitative estimate of drug-likeness (QED) is 0.539. The Balaban J connectivity index is 2.38. The topological polar surface area (TPSA) is 125 Å². The lowest BCUT2D eigenvalue weighted by Crippen LogP contribution is -2.38. The van der Waals surface area contributed by atoms with E-state index in [1.807, 2.05) is 0 Å². The van der Waals surface area contributed by atoms with Gasteiger partial charge in [-0.2, -0.15) is 4.39 Å². The number of nitrogens with one attached hydrogen (secondary N) is 1. The highest BCUT2D eigenvalue weighted by molar-refractivity contribution is 5.07. The molecule has 1 aromatic rings. The van der Waals surface area contributed by atoms with E-state index in [2.05, 4.69) is 0 Å². The molecule has 0 amide bonds. The Morgan fingerprint density at radius 2 is 2.14 bits per heavy atom. The summed E-state index contributed by atoms with van der Waals surface area (Å²) >= 11 is 0.